The highest BCUT2D eigenvalue weighted by molar-refractivity contribution is 4.61. The Kier molecular flexibility index (Phi) is 4.04. The monoisotopic (exact) mass is 102 g/mol. The van der Waals surface area contributed by atoms with Crippen molar-refractivity contribution in [1.29, 1.82) is 0 Å². The number of aliphatic hydroxyl groups excluding tert-OH is 1. The minimum absolute atomic E-state index is 0.109. The van der Waals surface area contributed by atoms with Gasteiger partial charge in [-0.25, -0.2) is 0 Å². The Morgan fingerprint density at radius 1 is 1.71 bits per heavy atom. The molecule has 43 valence electrons. The molecule has 0 heterocycles. The summed E-state index contributed by atoms with van der Waals surface area (Å²) in [6.07, 6.45) is 0. The summed E-state index contributed by atoms with van der Waals surface area (Å²) in [5.41, 5.74) is 0. The highest BCUT2D eigenvalue weighted by Gasteiger charge is 1.86. The molecule has 2 N–H and O–H groups in total. The van der Waals surface area contributed by atoms with Gasteiger partial charge in [-0.3, -0.25) is 0 Å². The lowest BCUT2D eigenvalue weighted by molar-refractivity contribution is 0.314. The minimum atomic E-state index is 0.109. The minimum Gasteiger partial charge on any atom is -0.395 e. The molecule has 0 aromatic rings. The first-order chi connectivity index (χ1) is 3.27. The van der Waals surface area contributed by atoms with E-state index in [9.17, 15) is 0 Å². The Morgan fingerprint density at radius 2 is 2.29 bits per heavy atom. The Morgan fingerprint density at radius 3 is 2.43 bits per heavy atom. The summed E-state index contributed by atoms with van der Waals surface area (Å²) < 4.78 is 0. The van der Waals surface area contributed by atoms with Gasteiger partial charge >= 0.3 is 0 Å². The summed E-state index contributed by atoms with van der Waals surface area (Å²) in [5, 5.41) is 11.1. The molecule has 0 fully saturated rings. The quantitative estimate of drug-likeness (QED) is 0.531. The fourth-order valence-electron chi connectivity index (χ4n) is 0.288. The molecule has 0 aromatic carbocycles. The average molecular weight is 102 g/mol. The molecule has 0 rings (SSSR count). The molecule has 0 amide bonds. The highest BCUT2D eigenvalue weighted by Crippen LogP contribution is 1.75. The predicted molar refractivity (Wildman–Crippen MR) is 29.7 cm³/mol. The van der Waals surface area contributed by atoms with Gasteiger partial charge in [0.2, 0.25) is 0 Å². The smallest absolute Gasteiger partial charge is 0.0600 e. The van der Waals surface area contributed by atoms with Crippen LogP contribution in [0.4, 0.5) is 0 Å². The second-order valence-electron chi connectivity index (χ2n) is 1.71. The average Bonchev–Trinajstić information content (AvgIpc) is 1.61. The van der Waals surface area contributed by atoms with E-state index >= 15 is 0 Å². The molecule has 2 heteroatoms. The molecule has 0 saturated carbocycles. The Bertz CT molecular complexity index is 37.1. The van der Waals surface area contributed by atoms with Crippen LogP contribution < -0.4 is 5.32 Å². The maximum absolute atomic E-state index is 8.20. The van der Waals surface area contributed by atoms with Crippen molar-refractivity contribution in [2.45, 2.75) is 19.9 Å². The molecule has 0 aliphatic heterocycles. The summed E-state index contributed by atoms with van der Waals surface area (Å²) >= 11 is 0. The fourth-order valence-corrected chi connectivity index (χ4v) is 0.288. The van der Waals surface area contributed by atoms with E-state index in [1.807, 2.05) is 13.8 Å². The van der Waals surface area contributed by atoms with E-state index in [1.165, 1.54) is 0 Å². The van der Waals surface area contributed by atoms with Gasteiger partial charge in [0.1, 0.15) is 0 Å². The number of nitrogens with one attached hydrogen (secondary N) is 1. The number of aliphatic hydroxyl groups is 1. The molecule has 0 spiro atoms. The van der Waals surface area contributed by atoms with Crippen LogP contribution >= 0.6 is 0 Å². The number of hydrogen-bond donors (Lipinski definition) is 2. The second-order valence-corrected chi connectivity index (χ2v) is 1.71. The molecule has 2 nitrogen and oxygen atoms in total. The normalized spacial score (nSPS) is 10.3. The number of hydrogen-bond acceptors (Lipinski definition) is 2. The van der Waals surface area contributed by atoms with Gasteiger partial charge in [0.25, 0.3) is 0 Å². The van der Waals surface area contributed by atoms with Gasteiger partial charge in [-0.1, -0.05) is 13.8 Å². The van der Waals surface area contributed by atoms with Crippen LogP contribution in [0.3, 0.4) is 0 Å². The third kappa shape index (κ3) is 5.92. The topological polar surface area (TPSA) is 32.3 Å². The van der Waals surface area contributed by atoms with Crippen LogP contribution in [0, 0.1) is 6.54 Å². The van der Waals surface area contributed by atoms with Crippen molar-refractivity contribution in [3.63, 3.8) is 0 Å². The Hall–Kier alpha value is -0.0800. The third-order valence-corrected chi connectivity index (χ3v) is 0.542. The molecule has 0 saturated heterocycles. The zero-order chi connectivity index (χ0) is 5.70. The molecule has 0 aromatic heterocycles. The van der Waals surface area contributed by atoms with Crippen LogP contribution in [-0.2, 0) is 0 Å². The van der Waals surface area contributed by atoms with Crippen LogP contribution in [0.2, 0.25) is 0 Å². The molecule has 0 unspecified atom stereocenters. The van der Waals surface area contributed by atoms with E-state index in [-0.39, 0.29) is 6.61 Å². The summed E-state index contributed by atoms with van der Waals surface area (Å²) in [7, 11) is 0. The first-order valence-corrected chi connectivity index (χ1v) is 2.46. The zero-order valence-electron chi connectivity index (χ0n) is 4.81. The van der Waals surface area contributed by atoms with E-state index in [2.05, 4.69) is 5.32 Å². The molecule has 0 atom stereocenters. The van der Waals surface area contributed by atoms with Crippen molar-refractivity contribution < 1.29 is 5.11 Å². The fraction of sp³-hybridized carbons (Fsp3) is 0.800. The van der Waals surface area contributed by atoms with E-state index in [1.54, 1.807) is 6.54 Å². The van der Waals surface area contributed by atoms with Crippen molar-refractivity contribution in [2.24, 2.45) is 0 Å². The molecule has 0 aliphatic rings. The van der Waals surface area contributed by atoms with Gasteiger partial charge in [-0.15, -0.1) is 0 Å². The molecule has 0 aliphatic carbocycles. The van der Waals surface area contributed by atoms with Gasteiger partial charge in [0, 0.05) is 12.6 Å². The van der Waals surface area contributed by atoms with Crippen molar-refractivity contribution in [3.8, 4) is 0 Å². The lowest BCUT2D eigenvalue weighted by atomic mass is 10.4. The van der Waals surface area contributed by atoms with E-state index < -0.39 is 0 Å². The zero-order valence-corrected chi connectivity index (χ0v) is 4.81. The predicted octanol–water partition coefficient (Wildman–Crippen LogP) is 0.138. The second kappa shape index (κ2) is 4.09. The van der Waals surface area contributed by atoms with E-state index in [0.29, 0.717) is 6.04 Å². The summed E-state index contributed by atoms with van der Waals surface area (Å²) in [6, 6.07) is 0.437. The summed E-state index contributed by atoms with van der Waals surface area (Å²) in [4.78, 5) is 0. The summed E-state index contributed by atoms with van der Waals surface area (Å²) in [6.45, 7) is 5.78. The van der Waals surface area contributed by atoms with Crippen LogP contribution in [0.5, 0.6) is 0 Å². The Balaban J connectivity index is 2.68. The molecular formula is C5H12NO. The van der Waals surface area contributed by atoms with Crippen molar-refractivity contribution >= 4 is 0 Å². The van der Waals surface area contributed by atoms with Gasteiger partial charge < -0.3 is 10.4 Å². The van der Waals surface area contributed by atoms with E-state index in [4.69, 9.17) is 5.11 Å². The molecular weight excluding hydrogens is 90.1 g/mol. The van der Waals surface area contributed by atoms with Crippen LogP contribution in [0.25, 0.3) is 0 Å². The van der Waals surface area contributed by atoms with Crippen LogP contribution in [0.1, 0.15) is 13.8 Å². The van der Waals surface area contributed by atoms with Gasteiger partial charge in [0.15, 0.2) is 0 Å². The lowest BCUT2D eigenvalue weighted by Crippen LogP contribution is -2.20. The maximum Gasteiger partial charge on any atom is 0.0600 e. The van der Waals surface area contributed by atoms with E-state index in [0.717, 1.165) is 0 Å². The van der Waals surface area contributed by atoms with Crippen LogP contribution in [-0.4, -0.2) is 17.8 Å². The maximum atomic E-state index is 8.20. The first-order valence-electron chi connectivity index (χ1n) is 2.46. The lowest BCUT2D eigenvalue weighted by Gasteiger charge is -2.02. The highest BCUT2D eigenvalue weighted by atomic mass is 16.3. The van der Waals surface area contributed by atoms with Gasteiger partial charge in [0.05, 0.1) is 6.61 Å². The molecule has 1 radical (unpaired) electrons. The third-order valence-electron chi connectivity index (χ3n) is 0.542. The largest absolute Gasteiger partial charge is 0.395 e. The molecule has 7 heavy (non-hydrogen) atoms. The van der Waals surface area contributed by atoms with Crippen molar-refractivity contribution in [3.05, 3.63) is 6.54 Å². The number of rotatable bonds is 3. The Labute approximate surface area is 44.5 Å². The van der Waals surface area contributed by atoms with Crippen molar-refractivity contribution in [1.82, 2.24) is 5.32 Å². The van der Waals surface area contributed by atoms with Crippen molar-refractivity contribution in [2.75, 3.05) is 6.61 Å². The van der Waals surface area contributed by atoms with Crippen LogP contribution in [0.15, 0.2) is 0 Å². The van der Waals surface area contributed by atoms with Gasteiger partial charge in [-0.05, 0) is 0 Å². The van der Waals surface area contributed by atoms with Gasteiger partial charge in [-0.2, -0.15) is 0 Å². The SMILES string of the molecule is CC(C)N[CH]CO. The summed E-state index contributed by atoms with van der Waals surface area (Å²) in [5.74, 6) is 0. The standard InChI is InChI=1S/C5H12NO/c1-5(2)6-3-4-7/h3,5-7H,4H2,1-2H3. The first kappa shape index (κ1) is 6.92. The molecule has 0 bridgehead atoms.